The molecule has 2 atom stereocenters. The highest BCUT2D eigenvalue weighted by Crippen LogP contribution is 2.21. The van der Waals surface area contributed by atoms with E-state index < -0.39 is 12.1 Å². The van der Waals surface area contributed by atoms with Gasteiger partial charge in [-0.1, -0.05) is 41.9 Å². The quantitative estimate of drug-likeness (QED) is 0.880. The monoisotopic (exact) mass is 358 g/mol. The number of hydrogen-bond donors (Lipinski definition) is 2. The lowest BCUT2D eigenvalue weighted by atomic mass is 10.1. The standard InChI is InChI=1S/C19H19ClN2O3/c20-15-8-6-13(7-9-15)11-21-18(24)17-10-16(23)12-22(17)19(25)14-4-2-1-3-5-14/h1-9,16-17,23H,10-12H2,(H,21,24)/t16-,17+/m1/s1. The maximum absolute atomic E-state index is 12.6. The zero-order valence-electron chi connectivity index (χ0n) is 13.6. The first kappa shape index (κ1) is 17.5. The number of β-amino-alcohol motifs (C(OH)–C–C–N with tert-alkyl or cyclic N) is 1. The molecule has 0 radical (unpaired) electrons. The van der Waals surface area contributed by atoms with E-state index >= 15 is 0 Å². The average molecular weight is 359 g/mol. The van der Waals surface area contributed by atoms with Crippen LogP contribution in [0.2, 0.25) is 5.02 Å². The van der Waals surface area contributed by atoms with E-state index in [1.165, 1.54) is 4.90 Å². The van der Waals surface area contributed by atoms with Crippen molar-refractivity contribution in [2.75, 3.05) is 6.54 Å². The third-order valence-electron chi connectivity index (χ3n) is 4.24. The van der Waals surface area contributed by atoms with E-state index in [1.54, 1.807) is 36.4 Å². The zero-order chi connectivity index (χ0) is 17.8. The molecule has 1 aliphatic rings. The van der Waals surface area contributed by atoms with Gasteiger partial charge in [0.2, 0.25) is 5.91 Å². The summed E-state index contributed by atoms with van der Waals surface area (Å²) >= 11 is 5.85. The molecular weight excluding hydrogens is 340 g/mol. The molecule has 0 aliphatic carbocycles. The van der Waals surface area contributed by atoms with Gasteiger partial charge in [0.15, 0.2) is 0 Å². The third-order valence-corrected chi connectivity index (χ3v) is 4.50. The van der Waals surface area contributed by atoms with Gasteiger partial charge in [0.05, 0.1) is 6.10 Å². The summed E-state index contributed by atoms with van der Waals surface area (Å²) < 4.78 is 0. The minimum atomic E-state index is -0.695. The van der Waals surface area contributed by atoms with Crippen LogP contribution in [-0.2, 0) is 11.3 Å². The van der Waals surface area contributed by atoms with Crippen LogP contribution in [0.5, 0.6) is 0 Å². The molecule has 0 bridgehead atoms. The van der Waals surface area contributed by atoms with Crippen LogP contribution >= 0.6 is 11.6 Å². The fourth-order valence-corrected chi connectivity index (χ4v) is 3.07. The molecule has 0 unspecified atom stereocenters. The van der Waals surface area contributed by atoms with Gasteiger partial charge in [-0.15, -0.1) is 0 Å². The number of nitrogens with zero attached hydrogens (tertiary/aromatic N) is 1. The number of halogens is 1. The molecule has 2 aromatic carbocycles. The van der Waals surface area contributed by atoms with Crippen molar-refractivity contribution in [1.29, 1.82) is 0 Å². The van der Waals surface area contributed by atoms with Gasteiger partial charge >= 0.3 is 0 Å². The molecule has 1 fully saturated rings. The first-order valence-corrected chi connectivity index (χ1v) is 8.48. The number of aliphatic hydroxyl groups excluding tert-OH is 1. The number of hydrogen-bond acceptors (Lipinski definition) is 3. The van der Waals surface area contributed by atoms with Crippen LogP contribution in [0.4, 0.5) is 0 Å². The lowest BCUT2D eigenvalue weighted by Crippen LogP contribution is -2.45. The summed E-state index contributed by atoms with van der Waals surface area (Å²) in [5, 5.41) is 13.4. The number of rotatable bonds is 4. The smallest absolute Gasteiger partial charge is 0.254 e. The number of nitrogens with one attached hydrogen (secondary N) is 1. The summed E-state index contributed by atoms with van der Waals surface area (Å²) in [5.74, 6) is -0.514. The second-order valence-corrected chi connectivity index (χ2v) is 6.51. The van der Waals surface area contributed by atoms with Crippen molar-refractivity contribution in [3.63, 3.8) is 0 Å². The molecule has 1 heterocycles. The van der Waals surface area contributed by atoms with Crippen molar-refractivity contribution in [2.45, 2.75) is 25.1 Å². The van der Waals surface area contributed by atoms with Crippen molar-refractivity contribution in [1.82, 2.24) is 10.2 Å². The first-order chi connectivity index (χ1) is 12.0. The topological polar surface area (TPSA) is 69.6 Å². The van der Waals surface area contributed by atoms with Gasteiger partial charge in [-0.3, -0.25) is 9.59 Å². The van der Waals surface area contributed by atoms with Crippen molar-refractivity contribution in [3.8, 4) is 0 Å². The Morgan fingerprint density at radius 1 is 1.12 bits per heavy atom. The largest absolute Gasteiger partial charge is 0.391 e. The number of carbonyl (C=O) groups is 2. The van der Waals surface area contributed by atoms with Gasteiger partial charge in [-0.2, -0.15) is 0 Å². The number of aliphatic hydroxyl groups is 1. The number of amides is 2. The van der Waals surface area contributed by atoms with Crippen molar-refractivity contribution in [2.24, 2.45) is 0 Å². The van der Waals surface area contributed by atoms with Crippen LogP contribution in [0.3, 0.4) is 0 Å². The van der Waals surface area contributed by atoms with Gasteiger partial charge in [-0.25, -0.2) is 0 Å². The van der Waals surface area contributed by atoms with E-state index in [2.05, 4.69) is 5.32 Å². The molecule has 25 heavy (non-hydrogen) atoms. The van der Waals surface area contributed by atoms with Crippen LogP contribution in [-0.4, -0.2) is 40.5 Å². The Kier molecular flexibility index (Phi) is 5.36. The maximum Gasteiger partial charge on any atom is 0.254 e. The Hall–Kier alpha value is -2.37. The molecule has 5 nitrogen and oxygen atoms in total. The average Bonchev–Trinajstić information content (AvgIpc) is 3.03. The molecule has 1 saturated heterocycles. The van der Waals surface area contributed by atoms with E-state index in [9.17, 15) is 14.7 Å². The van der Waals surface area contributed by atoms with Gasteiger partial charge in [0, 0.05) is 30.1 Å². The highest BCUT2D eigenvalue weighted by atomic mass is 35.5. The Morgan fingerprint density at radius 3 is 2.48 bits per heavy atom. The zero-order valence-corrected chi connectivity index (χ0v) is 14.3. The fourth-order valence-electron chi connectivity index (χ4n) is 2.94. The SMILES string of the molecule is O=C(NCc1ccc(Cl)cc1)[C@@H]1C[C@@H](O)CN1C(=O)c1ccccc1. The highest BCUT2D eigenvalue weighted by molar-refractivity contribution is 6.30. The Balaban J connectivity index is 1.67. The normalized spacial score (nSPS) is 19.7. The minimum absolute atomic E-state index is 0.159. The van der Waals surface area contributed by atoms with Crippen LogP contribution in [0, 0.1) is 0 Å². The summed E-state index contributed by atoms with van der Waals surface area (Å²) in [7, 11) is 0. The molecule has 6 heteroatoms. The molecular formula is C19H19ClN2O3. The highest BCUT2D eigenvalue weighted by Gasteiger charge is 2.39. The van der Waals surface area contributed by atoms with Crippen molar-refractivity contribution < 1.29 is 14.7 Å². The lowest BCUT2D eigenvalue weighted by molar-refractivity contribution is -0.125. The molecule has 0 spiro atoms. The van der Waals surface area contributed by atoms with E-state index in [0.717, 1.165) is 5.56 Å². The number of carbonyl (C=O) groups excluding carboxylic acids is 2. The fraction of sp³-hybridized carbons (Fsp3) is 0.263. The summed E-state index contributed by atoms with van der Waals surface area (Å²) in [6.07, 6.45) is -0.454. The summed E-state index contributed by atoms with van der Waals surface area (Å²) in [6, 6.07) is 15.3. The second-order valence-electron chi connectivity index (χ2n) is 6.07. The molecule has 2 amide bonds. The molecule has 2 N–H and O–H groups in total. The van der Waals surface area contributed by atoms with E-state index in [0.29, 0.717) is 17.1 Å². The lowest BCUT2D eigenvalue weighted by Gasteiger charge is -2.23. The third kappa shape index (κ3) is 4.18. The number of likely N-dealkylation sites (tertiary alicyclic amines) is 1. The molecule has 1 aliphatic heterocycles. The Bertz CT molecular complexity index is 749. The summed E-state index contributed by atoms with van der Waals surface area (Å²) in [5.41, 5.74) is 1.42. The van der Waals surface area contributed by atoms with E-state index in [1.807, 2.05) is 18.2 Å². The van der Waals surface area contributed by atoms with Crippen molar-refractivity contribution >= 4 is 23.4 Å². The minimum Gasteiger partial charge on any atom is -0.391 e. The molecule has 0 aromatic heterocycles. The van der Waals surface area contributed by atoms with Gasteiger partial charge < -0.3 is 15.3 Å². The Morgan fingerprint density at radius 2 is 1.80 bits per heavy atom. The maximum atomic E-state index is 12.6. The molecule has 0 saturated carbocycles. The van der Waals surface area contributed by atoms with Gasteiger partial charge in [-0.05, 0) is 29.8 Å². The van der Waals surface area contributed by atoms with Gasteiger partial charge in [0.25, 0.3) is 5.91 Å². The van der Waals surface area contributed by atoms with Crippen LogP contribution in [0.15, 0.2) is 54.6 Å². The van der Waals surface area contributed by atoms with Gasteiger partial charge in [0.1, 0.15) is 6.04 Å². The second kappa shape index (κ2) is 7.68. The predicted molar refractivity (Wildman–Crippen MR) is 95.2 cm³/mol. The predicted octanol–water partition coefficient (Wildman–Crippen LogP) is 2.23. The molecule has 2 aromatic rings. The molecule has 130 valence electrons. The van der Waals surface area contributed by atoms with E-state index in [-0.39, 0.29) is 24.8 Å². The molecule has 3 rings (SSSR count). The first-order valence-electron chi connectivity index (χ1n) is 8.11. The number of benzene rings is 2. The summed E-state index contributed by atoms with van der Waals surface area (Å²) in [6.45, 7) is 0.503. The van der Waals surface area contributed by atoms with Crippen LogP contribution < -0.4 is 5.32 Å². The summed E-state index contributed by atoms with van der Waals surface area (Å²) in [4.78, 5) is 26.6. The van der Waals surface area contributed by atoms with Crippen LogP contribution in [0.1, 0.15) is 22.3 Å². The van der Waals surface area contributed by atoms with E-state index in [4.69, 9.17) is 11.6 Å². The van der Waals surface area contributed by atoms with Crippen LogP contribution in [0.25, 0.3) is 0 Å². The van der Waals surface area contributed by atoms with Crippen molar-refractivity contribution in [3.05, 3.63) is 70.7 Å². The Labute approximate surface area is 151 Å².